The molecule has 1 aliphatic heterocycles. The number of pyridine rings is 1. The molecule has 0 spiro atoms. The zero-order valence-corrected chi connectivity index (χ0v) is 23.0. The van der Waals surface area contributed by atoms with Crippen molar-refractivity contribution in [2.24, 2.45) is 0 Å². The second kappa shape index (κ2) is 11.5. The number of anilines is 1. The number of alkyl halides is 3. The molecule has 0 aliphatic carbocycles. The molecule has 12 heteroatoms. The fourth-order valence-electron chi connectivity index (χ4n) is 5.13. The molecule has 4 heterocycles. The number of nitrogens with one attached hydrogen (secondary N) is 1. The van der Waals surface area contributed by atoms with E-state index in [1.807, 2.05) is 12.1 Å². The molecule has 42 heavy (non-hydrogen) atoms. The molecule has 0 radical (unpaired) electrons. The number of amides is 1. The fraction of sp³-hybridized carbons (Fsp3) is 0.300. The lowest BCUT2D eigenvalue weighted by molar-refractivity contribution is -0.137. The second-order valence-corrected chi connectivity index (χ2v) is 10.4. The minimum Gasteiger partial charge on any atom is -0.492 e. The Morgan fingerprint density at radius 2 is 1.83 bits per heavy atom. The van der Waals surface area contributed by atoms with E-state index in [0.29, 0.717) is 45.9 Å². The van der Waals surface area contributed by atoms with Gasteiger partial charge in [-0.1, -0.05) is 18.2 Å². The number of ether oxygens (including phenoxy) is 1. The number of aromatic nitrogens is 4. The van der Waals surface area contributed by atoms with Crippen LogP contribution in [0.15, 0.2) is 73.2 Å². The normalized spacial score (nSPS) is 15.0. The number of fused-ring (bicyclic) bond motifs is 2. The van der Waals surface area contributed by atoms with E-state index < -0.39 is 11.7 Å². The molecule has 1 saturated heterocycles. The Morgan fingerprint density at radius 1 is 1.02 bits per heavy atom. The number of carbonyl (C=O) groups is 1. The fourth-order valence-corrected chi connectivity index (χ4v) is 5.13. The van der Waals surface area contributed by atoms with Crippen molar-refractivity contribution in [3.05, 3.63) is 90.0 Å². The largest absolute Gasteiger partial charge is 0.492 e. The highest BCUT2D eigenvalue weighted by Crippen LogP contribution is 2.30. The first-order valence-electron chi connectivity index (χ1n) is 13.7. The van der Waals surface area contributed by atoms with Gasteiger partial charge < -0.3 is 15.0 Å². The summed E-state index contributed by atoms with van der Waals surface area (Å²) in [7, 11) is 2.13. The second-order valence-electron chi connectivity index (χ2n) is 10.4. The monoisotopic (exact) mass is 577 g/mol. The SMILES string of the molecule is CN1CCN(CCOc2ccn3c(C(=O)Nc4cccc5c4cnn5Cc4cccc(C(F)(F)F)c4)cnc3c2)CC1. The van der Waals surface area contributed by atoms with Crippen molar-refractivity contribution < 1.29 is 22.7 Å². The molecule has 9 nitrogen and oxygen atoms in total. The average Bonchev–Trinajstić information content (AvgIpc) is 3.58. The third-order valence-electron chi connectivity index (χ3n) is 7.51. The van der Waals surface area contributed by atoms with Crippen LogP contribution in [0.1, 0.15) is 21.6 Å². The van der Waals surface area contributed by atoms with Crippen LogP contribution >= 0.6 is 0 Å². The zero-order chi connectivity index (χ0) is 29.3. The van der Waals surface area contributed by atoms with E-state index in [9.17, 15) is 18.0 Å². The molecule has 0 unspecified atom stereocenters. The van der Waals surface area contributed by atoms with E-state index in [4.69, 9.17) is 4.74 Å². The quantitative estimate of drug-likeness (QED) is 0.290. The summed E-state index contributed by atoms with van der Waals surface area (Å²) in [6, 6.07) is 14.1. The van der Waals surface area contributed by atoms with Gasteiger partial charge in [0.05, 0.1) is 35.7 Å². The van der Waals surface area contributed by atoms with Gasteiger partial charge in [-0.2, -0.15) is 18.3 Å². The van der Waals surface area contributed by atoms with Crippen LogP contribution in [0, 0.1) is 0 Å². The van der Waals surface area contributed by atoms with Crippen LogP contribution in [-0.2, 0) is 12.7 Å². The van der Waals surface area contributed by atoms with E-state index in [-0.39, 0.29) is 12.5 Å². The summed E-state index contributed by atoms with van der Waals surface area (Å²) in [5.41, 5.74) is 1.92. The number of hydrogen-bond acceptors (Lipinski definition) is 6. The van der Waals surface area contributed by atoms with Crippen LogP contribution in [0.2, 0.25) is 0 Å². The van der Waals surface area contributed by atoms with Crippen LogP contribution in [0.4, 0.5) is 18.9 Å². The number of piperazine rings is 1. The number of likely N-dealkylation sites (N-methyl/N-ethyl adjacent to an activating group) is 1. The Kier molecular flexibility index (Phi) is 7.56. The third-order valence-corrected chi connectivity index (χ3v) is 7.51. The van der Waals surface area contributed by atoms with Crippen LogP contribution in [0.25, 0.3) is 16.6 Å². The topological polar surface area (TPSA) is 79.9 Å². The van der Waals surface area contributed by atoms with E-state index in [0.717, 1.165) is 44.9 Å². The molecular formula is C30H30F3N7O2. The van der Waals surface area contributed by atoms with Gasteiger partial charge in [0.15, 0.2) is 0 Å². The van der Waals surface area contributed by atoms with Gasteiger partial charge in [0.2, 0.25) is 0 Å². The molecule has 0 atom stereocenters. The maximum absolute atomic E-state index is 13.3. The molecule has 5 aromatic rings. The number of halogens is 3. The van der Waals surface area contributed by atoms with E-state index in [1.165, 1.54) is 12.3 Å². The van der Waals surface area contributed by atoms with Crippen LogP contribution in [0.3, 0.4) is 0 Å². The van der Waals surface area contributed by atoms with E-state index in [2.05, 4.69) is 32.2 Å². The zero-order valence-electron chi connectivity index (χ0n) is 23.0. The Balaban J connectivity index is 1.13. The number of hydrogen-bond donors (Lipinski definition) is 1. The Hall–Kier alpha value is -4.42. The third kappa shape index (κ3) is 5.95. The molecule has 0 bridgehead atoms. The summed E-state index contributed by atoms with van der Waals surface area (Å²) >= 11 is 0. The van der Waals surface area contributed by atoms with Crippen molar-refractivity contribution >= 4 is 28.1 Å². The van der Waals surface area contributed by atoms with Crippen molar-refractivity contribution in [1.29, 1.82) is 0 Å². The van der Waals surface area contributed by atoms with Gasteiger partial charge in [0, 0.05) is 50.4 Å². The molecule has 218 valence electrons. The molecule has 1 aliphatic rings. The van der Waals surface area contributed by atoms with Crippen LogP contribution < -0.4 is 10.1 Å². The lowest BCUT2D eigenvalue weighted by atomic mass is 10.1. The predicted molar refractivity (Wildman–Crippen MR) is 153 cm³/mol. The average molecular weight is 578 g/mol. The van der Waals surface area contributed by atoms with Gasteiger partial charge in [-0.05, 0) is 42.9 Å². The smallest absolute Gasteiger partial charge is 0.416 e. The lowest BCUT2D eigenvalue weighted by Gasteiger charge is -2.32. The summed E-state index contributed by atoms with van der Waals surface area (Å²) < 4.78 is 48.7. The number of nitrogens with zero attached hydrogens (tertiary/aromatic N) is 6. The van der Waals surface area contributed by atoms with Crippen molar-refractivity contribution in [1.82, 2.24) is 29.0 Å². The van der Waals surface area contributed by atoms with Crippen molar-refractivity contribution in [2.45, 2.75) is 12.7 Å². The number of imidazole rings is 1. The maximum Gasteiger partial charge on any atom is 0.416 e. The van der Waals surface area contributed by atoms with Crippen molar-refractivity contribution in [3.8, 4) is 5.75 Å². The molecule has 0 saturated carbocycles. The number of rotatable bonds is 8. The molecule has 1 fully saturated rings. The molecule has 2 aromatic carbocycles. The standard InChI is InChI=1S/C30H30F3N7O2/c1-37-10-12-38(13-11-37)14-15-42-23-8-9-39-27(19-34-28(39)17-23)29(41)36-25-6-3-7-26-24(25)18-35-40(26)20-21-4-2-5-22(16-21)30(31,32)33/h2-9,16-19H,10-15,20H2,1H3,(H,36,41). The first-order chi connectivity index (χ1) is 20.2. The first-order valence-corrected chi connectivity index (χ1v) is 13.7. The highest BCUT2D eigenvalue weighted by atomic mass is 19.4. The number of benzene rings is 2. The van der Waals surface area contributed by atoms with Gasteiger partial charge >= 0.3 is 6.18 Å². The number of carbonyl (C=O) groups excluding carboxylic acids is 1. The minimum absolute atomic E-state index is 0.151. The first kappa shape index (κ1) is 27.7. The molecule has 3 aromatic heterocycles. The summed E-state index contributed by atoms with van der Waals surface area (Å²) in [6.07, 6.45) is 0.446. The Morgan fingerprint density at radius 3 is 2.64 bits per heavy atom. The summed E-state index contributed by atoms with van der Waals surface area (Å²) in [5, 5.41) is 7.98. The van der Waals surface area contributed by atoms with Crippen LogP contribution in [-0.4, -0.2) is 81.3 Å². The maximum atomic E-state index is 13.3. The summed E-state index contributed by atoms with van der Waals surface area (Å²) in [4.78, 5) is 22.4. The van der Waals surface area contributed by atoms with Crippen LogP contribution in [0.5, 0.6) is 5.75 Å². The van der Waals surface area contributed by atoms with E-state index >= 15 is 0 Å². The minimum atomic E-state index is -4.42. The van der Waals surface area contributed by atoms with Gasteiger partial charge in [-0.3, -0.25) is 18.8 Å². The lowest BCUT2D eigenvalue weighted by Crippen LogP contribution is -2.45. The highest BCUT2D eigenvalue weighted by Gasteiger charge is 2.30. The highest BCUT2D eigenvalue weighted by molar-refractivity contribution is 6.08. The molecule has 1 N–H and O–H groups in total. The van der Waals surface area contributed by atoms with Gasteiger partial charge in [-0.15, -0.1) is 0 Å². The summed E-state index contributed by atoms with van der Waals surface area (Å²) in [6.45, 7) is 5.74. The Bertz CT molecular complexity index is 1720. The Labute approximate surface area is 240 Å². The molecule has 6 rings (SSSR count). The molecule has 1 amide bonds. The van der Waals surface area contributed by atoms with Gasteiger partial charge in [0.1, 0.15) is 23.7 Å². The van der Waals surface area contributed by atoms with Gasteiger partial charge in [-0.25, -0.2) is 4.98 Å². The predicted octanol–water partition coefficient (Wildman–Crippen LogP) is 4.63. The van der Waals surface area contributed by atoms with Gasteiger partial charge in [0.25, 0.3) is 5.91 Å². The van der Waals surface area contributed by atoms with Crippen molar-refractivity contribution in [2.75, 3.05) is 51.7 Å². The summed E-state index contributed by atoms with van der Waals surface area (Å²) in [5.74, 6) is 0.330. The van der Waals surface area contributed by atoms with E-state index in [1.54, 1.807) is 45.7 Å². The molecular weight excluding hydrogens is 547 g/mol. The van der Waals surface area contributed by atoms with Crippen molar-refractivity contribution in [3.63, 3.8) is 0 Å².